The highest BCUT2D eigenvalue weighted by atomic mass is 16.2. The van der Waals surface area contributed by atoms with Crippen LogP contribution in [0.25, 0.3) is 10.9 Å². The molecule has 0 radical (unpaired) electrons. The van der Waals surface area contributed by atoms with Crippen LogP contribution in [-0.4, -0.2) is 23.5 Å². The third kappa shape index (κ3) is 3.19. The van der Waals surface area contributed by atoms with Crippen LogP contribution < -0.4 is 16.0 Å². The van der Waals surface area contributed by atoms with Crippen molar-refractivity contribution in [2.45, 2.75) is 6.04 Å². The van der Waals surface area contributed by atoms with E-state index in [1.54, 1.807) is 6.34 Å². The average molecular weight is 333 g/mol. The monoisotopic (exact) mass is 333 g/mol. The Labute approximate surface area is 145 Å². The zero-order valence-electron chi connectivity index (χ0n) is 13.9. The predicted molar refractivity (Wildman–Crippen MR) is 101 cm³/mol. The van der Waals surface area contributed by atoms with Gasteiger partial charge in [-0.1, -0.05) is 12.1 Å². The molecule has 1 unspecified atom stereocenters. The Balaban J connectivity index is 1.45. The maximum Gasteiger partial charge on any atom is 0.323 e. The summed E-state index contributed by atoms with van der Waals surface area (Å²) >= 11 is 0. The number of hydrogen-bond donors (Lipinski definition) is 3. The number of nitrogens with zero attached hydrogens (tertiary/aromatic N) is 2. The molecule has 0 fully saturated rings. The van der Waals surface area contributed by atoms with E-state index in [1.165, 1.54) is 0 Å². The third-order valence-electron chi connectivity index (χ3n) is 4.34. The van der Waals surface area contributed by atoms with Gasteiger partial charge in [-0.15, -0.1) is 0 Å². The molecule has 0 saturated heterocycles. The molecule has 1 aliphatic heterocycles. The van der Waals surface area contributed by atoms with Crippen molar-refractivity contribution >= 4 is 34.6 Å². The largest absolute Gasteiger partial charge is 0.368 e. The van der Waals surface area contributed by atoms with E-state index in [0.29, 0.717) is 6.54 Å². The number of nitrogens with one attached hydrogen (secondary N) is 3. The summed E-state index contributed by atoms with van der Waals surface area (Å²) in [5.41, 5.74) is 3.74. The number of aliphatic imine (C=N–C) groups is 1. The highest BCUT2D eigenvalue weighted by molar-refractivity contribution is 6.01. The molecule has 0 spiro atoms. The second-order valence-electron chi connectivity index (χ2n) is 6.12. The molecule has 1 aromatic heterocycles. The van der Waals surface area contributed by atoms with Crippen molar-refractivity contribution in [1.29, 1.82) is 0 Å². The predicted octanol–water partition coefficient (Wildman–Crippen LogP) is 3.49. The van der Waals surface area contributed by atoms with Gasteiger partial charge in [0.05, 0.1) is 18.9 Å². The van der Waals surface area contributed by atoms with Crippen LogP contribution >= 0.6 is 0 Å². The van der Waals surface area contributed by atoms with Gasteiger partial charge in [0.1, 0.15) is 0 Å². The molecule has 4 rings (SSSR count). The van der Waals surface area contributed by atoms with Crippen molar-refractivity contribution < 1.29 is 4.79 Å². The molecule has 6 heteroatoms. The minimum Gasteiger partial charge on any atom is -0.368 e. The molecule has 1 atom stereocenters. The van der Waals surface area contributed by atoms with Gasteiger partial charge in [0.25, 0.3) is 0 Å². The molecule has 0 bridgehead atoms. The van der Waals surface area contributed by atoms with Gasteiger partial charge >= 0.3 is 6.03 Å². The van der Waals surface area contributed by atoms with Gasteiger partial charge in [-0.3, -0.25) is 4.99 Å². The zero-order valence-corrected chi connectivity index (χ0v) is 13.9. The number of fused-ring (bicyclic) bond motifs is 1. The van der Waals surface area contributed by atoms with E-state index in [-0.39, 0.29) is 12.1 Å². The summed E-state index contributed by atoms with van der Waals surface area (Å²) in [6, 6.07) is 15.6. The number of aryl methyl sites for hydroxylation is 1. The first-order valence-electron chi connectivity index (χ1n) is 8.16. The normalized spacial score (nSPS) is 16.0. The van der Waals surface area contributed by atoms with Gasteiger partial charge in [-0.2, -0.15) is 0 Å². The first kappa shape index (κ1) is 15.3. The fourth-order valence-electron chi connectivity index (χ4n) is 3.04. The van der Waals surface area contributed by atoms with Gasteiger partial charge < -0.3 is 20.5 Å². The van der Waals surface area contributed by atoms with Gasteiger partial charge in [0.15, 0.2) is 0 Å². The third-order valence-corrected chi connectivity index (χ3v) is 4.34. The Morgan fingerprint density at radius 2 is 2.00 bits per heavy atom. The topological polar surface area (TPSA) is 70.5 Å². The van der Waals surface area contributed by atoms with Crippen LogP contribution in [-0.2, 0) is 7.05 Å². The van der Waals surface area contributed by atoms with Crippen molar-refractivity contribution in [3.05, 3.63) is 60.3 Å². The first-order valence-corrected chi connectivity index (χ1v) is 8.16. The molecular formula is C19H19N5O. The maximum atomic E-state index is 12.3. The molecule has 126 valence electrons. The van der Waals surface area contributed by atoms with Crippen LogP contribution in [0.15, 0.2) is 59.7 Å². The number of carbonyl (C=O) groups is 1. The van der Waals surface area contributed by atoms with E-state index < -0.39 is 0 Å². The number of benzene rings is 2. The van der Waals surface area contributed by atoms with Crippen LogP contribution in [0.4, 0.5) is 16.2 Å². The van der Waals surface area contributed by atoms with E-state index in [9.17, 15) is 4.79 Å². The molecule has 1 aliphatic rings. The SMILES string of the molecule is Cn1ccc2cc(NC(=O)Nc3cccc(C4CN=CN4)c3)ccc21. The number of carbonyl (C=O) groups excluding carboxylic acids is 1. The minimum atomic E-state index is -0.261. The van der Waals surface area contributed by atoms with Gasteiger partial charge in [0, 0.05) is 35.5 Å². The van der Waals surface area contributed by atoms with Crippen molar-refractivity contribution in [1.82, 2.24) is 9.88 Å². The molecule has 3 aromatic rings. The smallest absolute Gasteiger partial charge is 0.323 e. The Morgan fingerprint density at radius 3 is 2.80 bits per heavy atom. The van der Waals surface area contributed by atoms with Crippen LogP contribution in [0.1, 0.15) is 11.6 Å². The summed E-state index contributed by atoms with van der Waals surface area (Å²) < 4.78 is 2.05. The molecule has 6 nitrogen and oxygen atoms in total. The van der Waals surface area contributed by atoms with Gasteiger partial charge in [-0.05, 0) is 42.0 Å². The highest BCUT2D eigenvalue weighted by Gasteiger charge is 2.13. The lowest BCUT2D eigenvalue weighted by atomic mass is 10.1. The first-order chi connectivity index (χ1) is 12.2. The Hall–Kier alpha value is -3.28. The summed E-state index contributed by atoms with van der Waals surface area (Å²) in [4.78, 5) is 16.5. The van der Waals surface area contributed by atoms with E-state index >= 15 is 0 Å². The average Bonchev–Trinajstić information content (AvgIpc) is 3.25. The Bertz CT molecular complexity index is 951. The van der Waals surface area contributed by atoms with Crippen molar-refractivity contribution in [3.8, 4) is 0 Å². The highest BCUT2D eigenvalue weighted by Crippen LogP contribution is 2.21. The Morgan fingerprint density at radius 1 is 1.16 bits per heavy atom. The second-order valence-corrected chi connectivity index (χ2v) is 6.12. The van der Waals surface area contributed by atoms with Crippen LogP contribution in [0.2, 0.25) is 0 Å². The summed E-state index contributed by atoms with van der Waals surface area (Å²) in [5, 5.41) is 10.0. The number of amides is 2. The summed E-state index contributed by atoms with van der Waals surface area (Å²) in [5.74, 6) is 0. The molecule has 2 aromatic carbocycles. The van der Waals surface area contributed by atoms with E-state index in [0.717, 1.165) is 27.8 Å². The summed E-state index contributed by atoms with van der Waals surface area (Å²) in [7, 11) is 2.00. The van der Waals surface area contributed by atoms with E-state index in [1.807, 2.05) is 66.3 Å². The van der Waals surface area contributed by atoms with Crippen LogP contribution in [0.5, 0.6) is 0 Å². The maximum absolute atomic E-state index is 12.3. The number of rotatable bonds is 3. The molecule has 25 heavy (non-hydrogen) atoms. The molecule has 0 saturated carbocycles. The van der Waals surface area contributed by atoms with Crippen LogP contribution in [0, 0.1) is 0 Å². The quantitative estimate of drug-likeness (QED) is 0.686. The molecular weight excluding hydrogens is 314 g/mol. The second kappa shape index (κ2) is 6.32. The lowest BCUT2D eigenvalue weighted by molar-refractivity contribution is 0.262. The standard InChI is InChI=1S/C19H19N5O/c1-24-8-7-14-10-16(5-6-18(14)24)23-19(25)22-15-4-2-3-13(9-15)17-11-20-12-21-17/h2-10,12,17H,11H2,1H3,(H,20,21)(H2,22,23,25). The number of hydrogen-bond acceptors (Lipinski definition) is 3. The fourth-order valence-corrected chi connectivity index (χ4v) is 3.04. The number of anilines is 2. The van der Waals surface area contributed by atoms with Crippen molar-refractivity contribution in [2.24, 2.45) is 12.0 Å². The van der Waals surface area contributed by atoms with Crippen molar-refractivity contribution in [2.75, 3.05) is 17.2 Å². The lowest BCUT2D eigenvalue weighted by Gasteiger charge is -2.13. The fraction of sp³-hybridized carbons (Fsp3) is 0.158. The van der Waals surface area contributed by atoms with E-state index in [4.69, 9.17) is 0 Å². The molecule has 2 heterocycles. The number of urea groups is 1. The summed E-state index contributed by atoms with van der Waals surface area (Å²) in [6.45, 7) is 0.715. The Kier molecular flexibility index (Phi) is 3.85. The van der Waals surface area contributed by atoms with E-state index in [2.05, 4.69) is 20.9 Å². The number of aromatic nitrogens is 1. The van der Waals surface area contributed by atoms with Gasteiger partial charge in [-0.25, -0.2) is 4.79 Å². The van der Waals surface area contributed by atoms with Gasteiger partial charge in [0.2, 0.25) is 0 Å². The zero-order chi connectivity index (χ0) is 17.2. The van der Waals surface area contributed by atoms with Crippen LogP contribution in [0.3, 0.4) is 0 Å². The minimum absolute atomic E-state index is 0.172. The van der Waals surface area contributed by atoms with Crippen molar-refractivity contribution in [3.63, 3.8) is 0 Å². The molecule has 3 N–H and O–H groups in total. The molecule has 2 amide bonds. The lowest BCUT2D eigenvalue weighted by Crippen LogP contribution is -2.20. The molecule has 0 aliphatic carbocycles. The summed E-state index contributed by atoms with van der Waals surface area (Å²) in [6.07, 6.45) is 3.72.